The maximum atomic E-state index is 11.6. The molecule has 0 bridgehead atoms. The molecule has 0 aliphatic carbocycles. The van der Waals surface area contributed by atoms with E-state index < -0.39 is 5.69 Å². The van der Waals surface area contributed by atoms with Crippen LogP contribution >= 0.6 is 11.6 Å². The summed E-state index contributed by atoms with van der Waals surface area (Å²) < 4.78 is 1.01. The van der Waals surface area contributed by atoms with Gasteiger partial charge in [-0.25, -0.2) is 4.79 Å². The Labute approximate surface area is 83.8 Å². The lowest BCUT2D eigenvalue weighted by molar-refractivity contribution is 0.794. The molecule has 0 aliphatic heterocycles. The minimum absolute atomic E-state index is 0.341. The van der Waals surface area contributed by atoms with Crippen molar-refractivity contribution in [3.63, 3.8) is 0 Å². The zero-order chi connectivity index (χ0) is 10.3. The van der Waals surface area contributed by atoms with Crippen LogP contribution in [0.1, 0.15) is 0 Å². The predicted octanol–water partition coefficient (Wildman–Crippen LogP) is 0.880. The number of H-pyrrole nitrogens is 1. The Balaban J connectivity index is 3.07. The second-order valence-electron chi connectivity index (χ2n) is 2.98. The topological polar surface area (TPSA) is 54.9 Å². The van der Waals surface area contributed by atoms with Gasteiger partial charge < -0.3 is 4.98 Å². The minimum Gasteiger partial charge on any atom is -0.307 e. The van der Waals surface area contributed by atoms with Crippen molar-refractivity contribution in [2.45, 2.75) is 0 Å². The summed E-state index contributed by atoms with van der Waals surface area (Å²) >= 11 is 5.74. The highest BCUT2D eigenvalue weighted by Gasteiger charge is 2.03. The third-order valence-electron chi connectivity index (χ3n) is 2.06. The van der Waals surface area contributed by atoms with Gasteiger partial charge >= 0.3 is 5.69 Å². The van der Waals surface area contributed by atoms with E-state index in [1.165, 1.54) is 13.1 Å². The lowest BCUT2D eigenvalue weighted by Crippen LogP contribution is -2.32. The second kappa shape index (κ2) is 2.99. The Bertz CT molecular complexity index is 612. The van der Waals surface area contributed by atoms with Crippen molar-refractivity contribution < 1.29 is 0 Å². The van der Waals surface area contributed by atoms with E-state index in [1.54, 1.807) is 12.1 Å². The first-order valence-corrected chi connectivity index (χ1v) is 4.36. The molecule has 0 aliphatic rings. The van der Waals surface area contributed by atoms with Gasteiger partial charge in [-0.1, -0.05) is 11.6 Å². The molecule has 2 aromatic rings. The number of nitrogens with zero attached hydrogens (tertiary/aromatic N) is 1. The number of benzene rings is 1. The van der Waals surface area contributed by atoms with Gasteiger partial charge in [0.2, 0.25) is 0 Å². The number of halogens is 1. The van der Waals surface area contributed by atoms with Crippen molar-refractivity contribution in [3.05, 3.63) is 44.1 Å². The standard InChI is InChI=1S/C9H7ClN2O2/c1-12-8(13)6-4-5(10)2-3-7(6)11-9(12)14/h2-4H,1H3,(H,11,14). The van der Waals surface area contributed by atoms with Gasteiger partial charge in [0.25, 0.3) is 5.56 Å². The van der Waals surface area contributed by atoms with Gasteiger partial charge in [-0.15, -0.1) is 0 Å². The van der Waals surface area contributed by atoms with Crippen LogP contribution in [0.15, 0.2) is 27.8 Å². The molecular formula is C9H7ClN2O2. The minimum atomic E-state index is -0.426. The van der Waals surface area contributed by atoms with Crippen LogP contribution in [0.4, 0.5) is 0 Å². The van der Waals surface area contributed by atoms with Crippen LogP contribution < -0.4 is 11.2 Å². The highest BCUT2D eigenvalue weighted by atomic mass is 35.5. The van der Waals surface area contributed by atoms with E-state index in [1.807, 2.05) is 0 Å². The number of fused-ring (bicyclic) bond motifs is 1. The van der Waals surface area contributed by atoms with E-state index in [9.17, 15) is 9.59 Å². The summed E-state index contributed by atoms with van der Waals surface area (Å²) in [6, 6.07) is 4.77. The first-order chi connectivity index (χ1) is 6.59. The summed E-state index contributed by atoms with van der Waals surface area (Å²) in [5.74, 6) is 0. The Morgan fingerprint density at radius 2 is 2.07 bits per heavy atom. The van der Waals surface area contributed by atoms with E-state index >= 15 is 0 Å². The molecule has 1 aromatic carbocycles. The van der Waals surface area contributed by atoms with Crippen molar-refractivity contribution in [2.75, 3.05) is 0 Å². The van der Waals surface area contributed by atoms with Crippen molar-refractivity contribution in [2.24, 2.45) is 7.05 Å². The van der Waals surface area contributed by atoms with Crippen LogP contribution in [0.25, 0.3) is 10.9 Å². The van der Waals surface area contributed by atoms with Gasteiger partial charge in [0.15, 0.2) is 0 Å². The molecule has 0 saturated heterocycles. The Hall–Kier alpha value is -1.55. The Morgan fingerprint density at radius 1 is 1.36 bits per heavy atom. The van der Waals surface area contributed by atoms with Crippen molar-refractivity contribution in [1.82, 2.24) is 9.55 Å². The Morgan fingerprint density at radius 3 is 2.79 bits per heavy atom. The molecule has 0 radical (unpaired) electrons. The van der Waals surface area contributed by atoms with E-state index in [0.29, 0.717) is 15.9 Å². The van der Waals surface area contributed by atoms with Crippen LogP contribution in [0.2, 0.25) is 5.02 Å². The molecule has 1 aromatic heterocycles. The monoisotopic (exact) mass is 210 g/mol. The summed E-state index contributed by atoms with van der Waals surface area (Å²) in [6.45, 7) is 0. The SMILES string of the molecule is Cn1c(=O)[nH]c2ccc(Cl)cc2c1=O. The summed E-state index contributed by atoms with van der Waals surface area (Å²) in [4.78, 5) is 25.4. The van der Waals surface area contributed by atoms with Gasteiger partial charge in [-0.05, 0) is 18.2 Å². The van der Waals surface area contributed by atoms with E-state index in [0.717, 1.165) is 4.57 Å². The molecule has 2 rings (SSSR count). The van der Waals surface area contributed by atoms with Crippen LogP contribution in [-0.2, 0) is 7.05 Å². The number of aromatic nitrogens is 2. The molecule has 0 saturated carbocycles. The number of rotatable bonds is 0. The molecule has 0 unspecified atom stereocenters. The molecule has 1 heterocycles. The smallest absolute Gasteiger partial charge is 0.307 e. The van der Waals surface area contributed by atoms with Crippen LogP contribution in [0, 0.1) is 0 Å². The zero-order valence-electron chi connectivity index (χ0n) is 7.37. The fourth-order valence-electron chi connectivity index (χ4n) is 1.27. The fraction of sp³-hybridized carbons (Fsp3) is 0.111. The Kier molecular flexibility index (Phi) is 1.93. The molecule has 72 valence electrons. The van der Waals surface area contributed by atoms with Crippen LogP contribution in [-0.4, -0.2) is 9.55 Å². The third-order valence-corrected chi connectivity index (χ3v) is 2.30. The van der Waals surface area contributed by atoms with E-state index in [4.69, 9.17) is 11.6 Å². The number of aromatic amines is 1. The maximum Gasteiger partial charge on any atom is 0.328 e. The molecule has 4 nitrogen and oxygen atoms in total. The summed E-state index contributed by atoms with van der Waals surface area (Å²) in [5.41, 5.74) is -0.265. The predicted molar refractivity (Wildman–Crippen MR) is 54.8 cm³/mol. The molecule has 14 heavy (non-hydrogen) atoms. The number of hydrogen-bond donors (Lipinski definition) is 1. The zero-order valence-corrected chi connectivity index (χ0v) is 8.13. The van der Waals surface area contributed by atoms with Gasteiger partial charge in [0.1, 0.15) is 0 Å². The van der Waals surface area contributed by atoms with E-state index in [2.05, 4.69) is 4.98 Å². The van der Waals surface area contributed by atoms with Crippen molar-refractivity contribution in [1.29, 1.82) is 0 Å². The molecular weight excluding hydrogens is 204 g/mol. The average Bonchev–Trinajstić information content (AvgIpc) is 2.16. The lowest BCUT2D eigenvalue weighted by Gasteiger charge is -2.00. The second-order valence-corrected chi connectivity index (χ2v) is 3.42. The first-order valence-electron chi connectivity index (χ1n) is 3.98. The van der Waals surface area contributed by atoms with Crippen LogP contribution in [0.5, 0.6) is 0 Å². The van der Waals surface area contributed by atoms with Gasteiger partial charge in [-0.2, -0.15) is 0 Å². The van der Waals surface area contributed by atoms with Gasteiger partial charge in [-0.3, -0.25) is 9.36 Å². The average molecular weight is 211 g/mol. The molecule has 0 spiro atoms. The lowest BCUT2D eigenvalue weighted by atomic mass is 10.2. The largest absolute Gasteiger partial charge is 0.328 e. The number of hydrogen-bond acceptors (Lipinski definition) is 2. The van der Waals surface area contributed by atoms with Gasteiger partial charge in [0.05, 0.1) is 10.9 Å². The quantitative estimate of drug-likeness (QED) is 0.702. The molecule has 0 fully saturated rings. The molecule has 1 N–H and O–H groups in total. The number of nitrogens with one attached hydrogen (secondary N) is 1. The summed E-state index contributed by atoms with van der Waals surface area (Å²) in [5, 5.41) is 0.890. The molecule has 0 amide bonds. The van der Waals surface area contributed by atoms with E-state index in [-0.39, 0.29) is 5.56 Å². The fourth-order valence-corrected chi connectivity index (χ4v) is 1.45. The highest BCUT2D eigenvalue weighted by molar-refractivity contribution is 6.31. The third kappa shape index (κ3) is 1.24. The highest BCUT2D eigenvalue weighted by Crippen LogP contribution is 2.12. The molecule has 5 heteroatoms. The first kappa shape index (κ1) is 9.02. The normalized spacial score (nSPS) is 10.7. The summed E-state index contributed by atoms with van der Waals surface area (Å²) in [7, 11) is 1.42. The summed E-state index contributed by atoms with van der Waals surface area (Å²) in [6.07, 6.45) is 0. The van der Waals surface area contributed by atoms with Crippen molar-refractivity contribution in [3.8, 4) is 0 Å². The van der Waals surface area contributed by atoms with Crippen molar-refractivity contribution >= 4 is 22.5 Å². The molecule has 0 atom stereocenters. The maximum absolute atomic E-state index is 11.6. The van der Waals surface area contributed by atoms with Gasteiger partial charge in [0, 0.05) is 12.1 Å². The van der Waals surface area contributed by atoms with Crippen LogP contribution in [0.3, 0.4) is 0 Å².